The number of carbonyl (C=O) groups excluding carboxylic acids is 2. The Bertz CT molecular complexity index is 1120. The number of carbonyl (C=O) groups is 2. The van der Waals surface area contributed by atoms with Gasteiger partial charge in [0.25, 0.3) is 0 Å². The minimum Gasteiger partial charge on any atom is -0.462 e. The monoisotopic (exact) mass is 810 g/mol. The predicted molar refractivity (Wildman–Crippen MR) is 228 cm³/mol. The van der Waals surface area contributed by atoms with Gasteiger partial charge < -0.3 is 24.8 Å². The number of allylic oxidation sites excluding steroid dienone is 7. The van der Waals surface area contributed by atoms with Crippen molar-refractivity contribution < 1.29 is 42.3 Å². The SMILES string of the molecule is CCCCC/C=C\C/C=C\C/C=C\CC1OC1CCCC(=O)OC[C@H](COP(=O)(O)OCCN)OC(=O)CCCCCCCCC/C=C\CCCCCCCC. The zero-order valence-electron chi connectivity index (χ0n) is 35.3. The molecule has 1 fully saturated rings. The number of unbranched alkanes of at least 4 members (excludes halogenated alkanes) is 16. The highest BCUT2D eigenvalue weighted by atomic mass is 31.2. The molecule has 3 unspecified atom stereocenters. The van der Waals surface area contributed by atoms with E-state index in [4.69, 9.17) is 29.0 Å². The first kappa shape index (κ1) is 51.9. The average molecular weight is 810 g/mol. The molecule has 0 aromatic rings. The normalized spacial score (nSPS) is 17.4. The van der Waals surface area contributed by atoms with E-state index in [1.54, 1.807) is 0 Å². The van der Waals surface area contributed by atoms with Crippen LogP contribution in [0.1, 0.15) is 181 Å². The van der Waals surface area contributed by atoms with E-state index in [-0.39, 0.29) is 44.8 Å². The van der Waals surface area contributed by atoms with Crippen molar-refractivity contribution in [3.05, 3.63) is 48.6 Å². The lowest BCUT2D eigenvalue weighted by molar-refractivity contribution is -0.161. The Morgan fingerprint density at radius 3 is 1.80 bits per heavy atom. The molecule has 1 heterocycles. The van der Waals surface area contributed by atoms with Gasteiger partial charge >= 0.3 is 19.8 Å². The number of rotatable bonds is 40. The summed E-state index contributed by atoms with van der Waals surface area (Å²) in [6.07, 6.45) is 44.4. The van der Waals surface area contributed by atoms with Gasteiger partial charge in [0, 0.05) is 19.4 Å². The first-order chi connectivity index (χ1) is 27.3. The van der Waals surface area contributed by atoms with Crippen LogP contribution >= 0.6 is 7.82 Å². The summed E-state index contributed by atoms with van der Waals surface area (Å²) >= 11 is 0. The molecule has 0 spiro atoms. The molecule has 10 nitrogen and oxygen atoms in total. The number of hydrogen-bond donors (Lipinski definition) is 2. The molecule has 0 radical (unpaired) electrons. The van der Waals surface area contributed by atoms with Crippen LogP contribution in [0.4, 0.5) is 0 Å². The van der Waals surface area contributed by atoms with Crippen molar-refractivity contribution in [1.29, 1.82) is 0 Å². The molecule has 0 bridgehead atoms. The standard InChI is InChI=1S/C45H80NO9P/c1-3-5-7-9-11-13-15-17-18-19-20-21-23-25-27-29-31-35-45(48)54-41(40-53-56(49,50)52-38-37-46)39-51-44(47)36-32-34-43-42(55-43)33-30-28-26-24-22-16-14-12-10-8-6-4-2/h12,14,17-18,22,24,28,30,41-43H,3-11,13,15-16,19-21,23,25-27,29,31-40,46H2,1-2H3,(H,49,50)/b14-12-,18-17-,24-22-,30-28-/t41-,42?,43?/m1/s1. The Kier molecular flexibility index (Phi) is 34.5. The van der Waals surface area contributed by atoms with E-state index >= 15 is 0 Å². The first-order valence-corrected chi connectivity index (χ1v) is 23.7. The molecule has 1 saturated heterocycles. The van der Waals surface area contributed by atoms with Crippen LogP contribution in [0.25, 0.3) is 0 Å². The van der Waals surface area contributed by atoms with Crippen LogP contribution in [0.15, 0.2) is 48.6 Å². The number of esters is 2. The molecule has 0 saturated carbocycles. The number of phosphoric ester groups is 1. The molecule has 11 heteroatoms. The molecule has 3 N–H and O–H groups in total. The Morgan fingerprint density at radius 1 is 0.643 bits per heavy atom. The number of ether oxygens (including phenoxy) is 3. The Hall–Kier alpha value is -2.07. The maximum Gasteiger partial charge on any atom is 0.472 e. The summed E-state index contributed by atoms with van der Waals surface area (Å²) in [6.45, 7) is 3.61. The Balaban J connectivity index is 2.23. The minimum absolute atomic E-state index is 0.0408. The van der Waals surface area contributed by atoms with Crippen molar-refractivity contribution in [2.45, 2.75) is 199 Å². The summed E-state index contributed by atoms with van der Waals surface area (Å²) in [5.41, 5.74) is 5.35. The summed E-state index contributed by atoms with van der Waals surface area (Å²) in [4.78, 5) is 35.0. The second-order valence-corrected chi connectivity index (χ2v) is 16.4. The van der Waals surface area contributed by atoms with E-state index in [1.165, 1.54) is 89.9 Å². The van der Waals surface area contributed by atoms with Gasteiger partial charge in [-0.1, -0.05) is 140 Å². The number of epoxide rings is 1. The van der Waals surface area contributed by atoms with Gasteiger partial charge in [0.2, 0.25) is 0 Å². The topological polar surface area (TPSA) is 147 Å². The van der Waals surface area contributed by atoms with Crippen LogP contribution in [0.2, 0.25) is 0 Å². The molecule has 1 aliphatic heterocycles. The van der Waals surface area contributed by atoms with Crippen LogP contribution in [0.5, 0.6) is 0 Å². The molecule has 1 rings (SSSR count). The fourth-order valence-corrected chi connectivity index (χ4v) is 6.95. The third kappa shape index (κ3) is 34.0. The number of phosphoric acid groups is 1. The summed E-state index contributed by atoms with van der Waals surface area (Å²) in [5.74, 6) is -0.910. The average Bonchev–Trinajstić information content (AvgIpc) is 3.94. The van der Waals surface area contributed by atoms with Crippen molar-refractivity contribution in [3.63, 3.8) is 0 Å². The number of hydrogen-bond acceptors (Lipinski definition) is 9. The smallest absolute Gasteiger partial charge is 0.462 e. The summed E-state index contributed by atoms with van der Waals surface area (Å²) in [6, 6.07) is 0. The van der Waals surface area contributed by atoms with E-state index in [1.807, 2.05) is 0 Å². The fourth-order valence-electron chi connectivity index (χ4n) is 6.19. The van der Waals surface area contributed by atoms with Crippen LogP contribution in [-0.4, -0.2) is 61.5 Å². The fraction of sp³-hybridized carbons (Fsp3) is 0.778. The quantitative estimate of drug-likeness (QED) is 0.0201. The predicted octanol–water partition coefficient (Wildman–Crippen LogP) is 11.7. The minimum atomic E-state index is -4.40. The summed E-state index contributed by atoms with van der Waals surface area (Å²) < 4.78 is 38.6. The summed E-state index contributed by atoms with van der Waals surface area (Å²) in [7, 11) is -4.40. The third-order valence-electron chi connectivity index (χ3n) is 9.61. The molecule has 324 valence electrons. The molecule has 56 heavy (non-hydrogen) atoms. The van der Waals surface area contributed by atoms with Gasteiger partial charge in [-0.05, 0) is 77.0 Å². The van der Waals surface area contributed by atoms with Crippen LogP contribution < -0.4 is 5.73 Å². The maximum absolute atomic E-state index is 12.6. The van der Waals surface area contributed by atoms with Crippen LogP contribution in [-0.2, 0) is 37.4 Å². The molecule has 1 aliphatic rings. The highest BCUT2D eigenvalue weighted by Gasteiger charge is 2.36. The zero-order valence-corrected chi connectivity index (χ0v) is 36.2. The third-order valence-corrected chi connectivity index (χ3v) is 10.6. The maximum atomic E-state index is 12.6. The van der Waals surface area contributed by atoms with E-state index < -0.39 is 32.5 Å². The van der Waals surface area contributed by atoms with Crippen molar-refractivity contribution in [1.82, 2.24) is 0 Å². The Labute approximate surface area is 341 Å². The molecule has 0 amide bonds. The molecule has 0 aromatic carbocycles. The first-order valence-electron chi connectivity index (χ1n) is 22.2. The van der Waals surface area contributed by atoms with Crippen molar-refractivity contribution in [2.24, 2.45) is 5.73 Å². The lowest BCUT2D eigenvalue weighted by Crippen LogP contribution is -2.29. The van der Waals surface area contributed by atoms with Crippen LogP contribution in [0, 0.1) is 0 Å². The zero-order chi connectivity index (χ0) is 40.8. The van der Waals surface area contributed by atoms with E-state index in [0.29, 0.717) is 12.8 Å². The van der Waals surface area contributed by atoms with Gasteiger partial charge in [-0.25, -0.2) is 4.57 Å². The number of nitrogens with two attached hydrogens (primary N) is 1. The molecule has 0 aliphatic carbocycles. The van der Waals surface area contributed by atoms with Gasteiger partial charge in [-0.15, -0.1) is 0 Å². The van der Waals surface area contributed by atoms with Gasteiger partial charge in [0.1, 0.15) is 6.61 Å². The molecule has 0 aromatic heterocycles. The lowest BCUT2D eigenvalue weighted by Gasteiger charge is -2.19. The highest BCUT2D eigenvalue weighted by molar-refractivity contribution is 7.47. The molecular formula is C45H80NO9P. The second-order valence-electron chi connectivity index (χ2n) is 14.9. The van der Waals surface area contributed by atoms with Gasteiger partial charge in [0.15, 0.2) is 6.10 Å². The van der Waals surface area contributed by atoms with Crippen molar-refractivity contribution in [3.8, 4) is 0 Å². The second kappa shape index (κ2) is 37.2. The highest BCUT2D eigenvalue weighted by Crippen LogP contribution is 2.43. The molecule has 4 atom stereocenters. The van der Waals surface area contributed by atoms with E-state index in [9.17, 15) is 19.0 Å². The largest absolute Gasteiger partial charge is 0.472 e. The van der Waals surface area contributed by atoms with Gasteiger partial charge in [-0.3, -0.25) is 18.6 Å². The summed E-state index contributed by atoms with van der Waals surface area (Å²) in [5, 5.41) is 0. The van der Waals surface area contributed by atoms with E-state index in [0.717, 1.165) is 51.4 Å². The van der Waals surface area contributed by atoms with E-state index in [2.05, 4.69) is 62.5 Å². The van der Waals surface area contributed by atoms with Gasteiger partial charge in [-0.2, -0.15) is 0 Å². The van der Waals surface area contributed by atoms with Crippen molar-refractivity contribution >= 4 is 19.8 Å². The molecular weight excluding hydrogens is 729 g/mol. The van der Waals surface area contributed by atoms with Gasteiger partial charge in [0.05, 0.1) is 25.4 Å². The van der Waals surface area contributed by atoms with Crippen molar-refractivity contribution in [2.75, 3.05) is 26.4 Å². The Morgan fingerprint density at radius 2 is 1.16 bits per heavy atom. The van der Waals surface area contributed by atoms with Crippen LogP contribution in [0.3, 0.4) is 0 Å². The lowest BCUT2D eigenvalue weighted by atomic mass is 10.1.